The van der Waals surface area contributed by atoms with E-state index in [-0.39, 0.29) is 5.12 Å². The first-order valence-electron chi connectivity index (χ1n) is 10.1. The third-order valence-electron chi connectivity index (χ3n) is 4.81. The number of ether oxygens (including phenoxy) is 1. The Bertz CT molecular complexity index is 1220. The van der Waals surface area contributed by atoms with Crippen LogP contribution < -0.4 is 4.74 Å². The first-order valence-corrected chi connectivity index (χ1v) is 11.0. The zero-order valence-electron chi connectivity index (χ0n) is 17.6. The molecule has 0 atom stereocenters. The van der Waals surface area contributed by atoms with Gasteiger partial charge < -0.3 is 4.74 Å². The van der Waals surface area contributed by atoms with E-state index in [0.29, 0.717) is 11.3 Å². The normalized spacial score (nSPS) is 10.2. The SMILES string of the molecule is COc1ccc(SC(=O)c2ccccc2N=C=C(c2ccccc2)c2ccccc2)cc1. The number of rotatable bonds is 6. The van der Waals surface area contributed by atoms with Gasteiger partial charge in [0.25, 0.3) is 0 Å². The van der Waals surface area contributed by atoms with Gasteiger partial charge in [0, 0.05) is 4.90 Å². The number of para-hydroxylation sites is 1. The van der Waals surface area contributed by atoms with Gasteiger partial charge in [-0.15, -0.1) is 0 Å². The third-order valence-corrected chi connectivity index (χ3v) is 5.72. The number of nitrogens with zero attached hydrogens (tertiary/aromatic N) is 1. The second-order valence-corrected chi connectivity index (χ2v) is 7.96. The zero-order valence-corrected chi connectivity index (χ0v) is 18.4. The van der Waals surface area contributed by atoms with E-state index in [0.717, 1.165) is 27.3 Å². The lowest BCUT2D eigenvalue weighted by Gasteiger charge is -2.06. The molecule has 0 radical (unpaired) electrons. The van der Waals surface area contributed by atoms with Crippen LogP contribution in [0.25, 0.3) is 5.57 Å². The summed E-state index contributed by atoms with van der Waals surface area (Å²) in [5, 5.41) is -0.0720. The molecule has 4 aromatic carbocycles. The molecule has 0 heterocycles. The van der Waals surface area contributed by atoms with Crippen LogP contribution in [0.1, 0.15) is 21.5 Å². The number of methoxy groups -OCH3 is 1. The summed E-state index contributed by atoms with van der Waals surface area (Å²) in [5.41, 5.74) is 4.03. The summed E-state index contributed by atoms with van der Waals surface area (Å²) in [5.74, 6) is 3.96. The topological polar surface area (TPSA) is 38.7 Å². The van der Waals surface area contributed by atoms with E-state index in [1.807, 2.05) is 103 Å². The molecule has 0 aliphatic carbocycles. The van der Waals surface area contributed by atoms with Crippen molar-refractivity contribution in [1.82, 2.24) is 0 Å². The molecule has 4 aromatic rings. The molecule has 0 N–H and O–H groups in total. The van der Waals surface area contributed by atoms with Crippen molar-refractivity contribution in [2.75, 3.05) is 7.11 Å². The maximum atomic E-state index is 13.0. The van der Waals surface area contributed by atoms with E-state index in [1.165, 1.54) is 11.8 Å². The number of benzene rings is 4. The van der Waals surface area contributed by atoms with Gasteiger partial charge in [-0.25, -0.2) is 4.99 Å². The average molecular weight is 436 g/mol. The van der Waals surface area contributed by atoms with Crippen LogP contribution in [0, 0.1) is 0 Å². The molecule has 156 valence electrons. The highest BCUT2D eigenvalue weighted by Gasteiger charge is 2.13. The maximum absolute atomic E-state index is 13.0. The van der Waals surface area contributed by atoms with E-state index in [1.54, 1.807) is 13.2 Å². The van der Waals surface area contributed by atoms with Crippen LogP contribution in [-0.2, 0) is 0 Å². The molecule has 0 unspecified atom stereocenters. The molecule has 32 heavy (non-hydrogen) atoms. The molecule has 0 aliphatic rings. The van der Waals surface area contributed by atoms with Gasteiger partial charge in [-0.05, 0) is 65.2 Å². The minimum atomic E-state index is -0.0720. The summed E-state index contributed by atoms with van der Waals surface area (Å²) in [6.45, 7) is 0. The van der Waals surface area contributed by atoms with Gasteiger partial charge in [-0.3, -0.25) is 4.79 Å². The summed E-state index contributed by atoms with van der Waals surface area (Å²) < 4.78 is 5.19. The Morgan fingerprint density at radius 1 is 0.750 bits per heavy atom. The van der Waals surface area contributed by atoms with Gasteiger partial charge >= 0.3 is 0 Å². The van der Waals surface area contributed by atoms with Crippen LogP contribution in [0.2, 0.25) is 0 Å². The quantitative estimate of drug-likeness (QED) is 0.240. The molecule has 0 aliphatic heterocycles. The van der Waals surface area contributed by atoms with Crippen LogP contribution in [-0.4, -0.2) is 18.1 Å². The number of hydrogen-bond acceptors (Lipinski definition) is 4. The molecular formula is C28H21NO2S. The fourth-order valence-electron chi connectivity index (χ4n) is 3.17. The lowest BCUT2D eigenvalue weighted by atomic mass is 9.99. The summed E-state index contributed by atoms with van der Waals surface area (Å²) in [6.07, 6.45) is 0. The molecular weight excluding hydrogens is 414 g/mol. The number of thioether (sulfide) groups is 1. The smallest absolute Gasteiger partial charge is 0.226 e. The highest BCUT2D eigenvalue weighted by atomic mass is 32.2. The summed E-state index contributed by atoms with van der Waals surface area (Å²) in [4.78, 5) is 18.5. The molecule has 0 bridgehead atoms. The number of hydrogen-bond donors (Lipinski definition) is 0. The summed E-state index contributed by atoms with van der Waals surface area (Å²) >= 11 is 1.17. The van der Waals surface area contributed by atoms with Crippen molar-refractivity contribution < 1.29 is 9.53 Å². The Balaban J connectivity index is 1.70. The third kappa shape index (κ3) is 5.25. The van der Waals surface area contributed by atoms with E-state index < -0.39 is 0 Å². The predicted octanol–water partition coefficient (Wildman–Crippen LogP) is 7.06. The summed E-state index contributed by atoms with van der Waals surface area (Å²) in [6, 6.07) is 34.8. The fourth-order valence-corrected chi connectivity index (χ4v) is 3.94. The predicted molar refractivity (Wildman–Crippen MR) is 132 cm³/mol. The first kappa shape index (κ1) is 21.4. The van der Waals surface area contributed by atoms with Gasteiger partial charge in [0.05, 0.1) is 23.9 Å². The van der Waals surface area contributed by atoms with Crippen LogP contribution in [0.15, 0.2) is 119 Å². The highest BCUT2D eigenvalue weighted by molar-refractivity contribution is 8.14. The average Bonchev–Trinajstić information content (AvgIpc) is 2.86. The molecule has 0 spiro atoms. The monoisotopic (exact) mass is 435 g/mol. The molecule has 3 nitrogen and oxygen atoms in total. The lowest BCUT2D eigenvalue weighted by molar-refractivity contribution is 0.108. The number of carbonyl (C=O) groups is 1. The molecule has 0 amide bonds. The van der Waals surface area contributed by atoms with Gasteiger partial charge in [0.2, 0.25) is 5.12 Å². The molecule has 4 heteroatoms. The second kappa shape index (κ2) is 10.5. The summed E-state index contributed by atoms with van der Waals surface area (Å²) in [7, 11) is 1.62. The van der Waals surface area contributed by atoms with Crippen LogP contribution in [0.5, 0.6) is 5.75 Å². The Morgan fingerprint density at radius 2 is 1.31 bits per heavy atom. The zero-order chi connectivity index (χ0) is 22.2. The van der Waals surface area contributed by atoms with Crippen LogP contribution >= 0.6 is 11.8 Å². The second-order valence-electron chi connectivity index (χ2n) is 6.91. The minimum absolute atomic E-state index is 0.0720. The van der Waals surface area contributed by atoms with Gasteiger partial charge in [0.15, 0.2) is 0 Å². The van der Waals surface area contributed by atoms with Crippen molar-refractivity contribution in [1.29, 1.82) is 0 Å². The molecule has 0 aromatic heterocycles. The van der Waals surface area contributed by atoms with E-state index in [9.17, 15) is 4.79 Å². The van der Waals surface area contributed by atoms with Gasteiger partial charge in [-0.1, -0.05) is 72.8 Å². The van der Waals surface area contributed by atoms with E-state index >= 15 is 0 Å². The van der Waals surface area contributed by atoms with Crippen molar-refractivity contribution in [3.63, 3.8) is 0 Å². The van der Waals surface area contributed by atoms with Crippen molar-refractivity contribution in [2.24, 2.45) is 4.99 Å². The number of aliphatic imine (C=N–C) groups is 1. The van der Waals surface area contributed by atoms with E-state index in [2.05, 4.69) is 10.9 Å². The molecule has 0 fully saturated rings. The Labute approximate surface area is 192 Å². The van der Waals surface area contributed by atoms with Crippen LogP contribution in [0.3, 0.4) is 0 Å². The fraction of sp³-hybridized carbons (Fsp3) is 0.0357. The van der Waals surface area contributed by atoms with Crippen molar-refractivity contribution in [3.05, 3.63) is 126 Å². The van der Waals surface area contributed by atoms with E-state index in [4.69, 9.17) is 4.74 Å². The Hall–Kier alpha value is -3.85. The molecule has 0 saturated heterocycles. The lowest BCUT2D eigenvalue weighted by Crippen LogP contribution is -1.94. The highest BCUT2D eigenvalue weighted by Crippen LogP contribution is 2.29. The molecule has 0 saturated carbocycles. The van der Waals surface area contributed by atoms with Crippen LogP contribution in [0.4, 0.5) is 5.69 Å². The van der Waals surface area contributed by atoms with Crippen molar-refractivity contribution >= 4 is 34.0 Å². The first-order chi connectivity index (χ1) is 15.7. The maximum Gasteiger partial charge on any atom is 0.226 e. The van der Waals surface area contributed by atoms with Crippen molar-refractivity contribution in [3.8, 4) is 5.75 Å². The number of carbonyl (C=O) groups excluding carboxylic acids is 1. The Kier molecular flexibility index (Phi) is 6.98. The van der Waals surface area contributed by atoms with Gasteiger partial charge in [0.1, 0.15) is 5.75 Å². The minimum Gasteiger partial charge on any atom is -0.497 e. The molecule has 4 rings (SSSR count). The Morgan fingerprint density at radius 3 is 1.91 bits per heavy atom. The largest absolute Gasteiger partial charge is 0.497 e. The standard InChI is InChI=1S/C28H21NO2S/c1-31-23-16-18-24(19-17-23)32-28(30)25-14-8-9-15-27(25)29-20-26(21-10-4-2-5-11-21)22-12-6-3-7-13-22/h2-19H,1H3. The van der Waals surface area contributed by atoms with Crippen molar-refractivity contribution in [2.45, 2.75) is 4.90 Å². The van der Waals surface area contributed by atoms with Gasteiger partial charge in [-0.2, -0.15) is 0 Å².